The van der Waals surface area contributed by atoms with Crippen LogP contribution in [0.4, 0.5) is 0 Å². The Morgan fingerprint density at radius 1 is 1.33 bits per heavy atom. The highest BCUT2D eigenvalue weighted by Gasteiger charge is 2.15. The molecule has 0 aromatic heterocycles. The van der Waals surface area contributed by atoms with E-state index in [0.29, 0.717) is 5.75 Å². The lowest BCUT2D eigenvalue weighted by molar-refractivity contribution is 0.0206. The molecule has 0 saturated carbocycles. The van der Waals surface area contributed by atoms with Crippen molar-refractivity contribution in [3.05, 3.63) is 24.3 Å². The van der Waals surface area contributed by atoms with Crippen LogP contribution in [-0.2, 0) is 4.74 Å². The maximum Gasteiger partial charge on any atom is 0.129 e. The fraction of sp³-hybridized carbons (Fsp3) is 0.500. The van der Waals surface area contributed by atoms with Gasteiger partial charge < -0.3 is 9.84 Å². The van der Waals surface area contributed by atoms with E-state index in [-0.39, 0.29) is 5.60 Å². The van der Waals surface area contributed by atoms with Crippen LogP contribution in [0.2, 0.25) is 0 Å². The number of phenolic OH excluding ortho intramolecular Hbond substituents is 1. The van der Waals surface area contributed by atoms with Crippen LogP contribution in [0, 0.1) is 0 Å². The summed E-state index contributed by atoms with van der Waals surface area (Å²) in [6, 6.07) is 7.41. The van der Waals surface area contributed by atoms with Crippen LogP contribution in [0.25, 0.3) is 0 Å². The van der Waals surface area contributed by atoms with E-state index in [2.05, 4.69) is 13.8 Å². The number of phenols is 1. The van der Waals surface area contributed by atoms with Gasteiger partial charge in [-0.2, -0.15) is 0 Å². The molecule has 0 saturated heterocycles. The van der Waals surface area contributed by atoms with E-state index in [9.17, 15) is 5.11 Å². The van der Waals surface area contributed by atoms with E-state index >= 15 is 0 Å². The van der Waals surface area contributed by atoms with Gasteiger partial charge in [-0.25, -0.2) is 0 Å². The van der Waals surface area contributed by atoms with Crippen LogP contribution in [0.3, 0.4) is 0 Å². The van der Waals surface area contributed by atoms with E-state index in [1.807, 2.05) is 18.2 Å². The standard InChI is InChI=1S/C12H18O2S/c1-12(2,14-3)8-9-15-11-7-5-4-6-10(11)13/h4-7,13H,8-9H2,1-3H3. The average molecular weight is 226 g/mol. The highest BCUT2D eigenvalue weighted by atomic mass is 32.2. The molecular formula is C12H18O2S. The molecule has 0 amide bonds. The molecule has 1 aromatic carbocycles. The third kappa shape index (κ3) is 4.14. The molecule has 0 fully saturated rings. The molecule has 0 unspecified atom stereocenters. The molecule has 0 spiro atoms. The quantitative estimate of drug-likeness (QED) is 0.781. The first-order valence-corrected chi connectivity index (χ1v) is 6.00. The molecule has 3 heteroatoms. The largest absolute Gasteiger partial charge is 0.507 e. The Labute approximate surface area is 95.7 Å². The average Bonchev–Trinajstić information content (AvgIpc) is 2.21. The lowest BCUT2D eigenvalue weighted by Crippen LogP contribution is -2.22. The SMILES string of the molecule is COC(C)(C)CCSc1ccccc1O. The third-order valence-electron chi connectivity index (χ3n) is 2.38. The molecule has 2 nitrogen and oxygen atoms in total. The molecule has 0 aliphatic carbocycles. The predicted molar refractivity (Wildman–Crippen MR) is 64.5 cm³/mol. The van der Waals surface area contributed by atoms with Crippen molar-refractivity contribution in [1.29, 1.82) is 0 Å². The Bertz CT molecular complexity index is 310. The van der Waals surface area contributed by atoms with Crippen molar-refractivity contribution in [2.24, 2.45) is 0 Å². The summed E-state index contributed by atoms with van der Waals surface area (Å²) in [5.74, 6) is 1.30. The van der Waals surface area contributed by atoms with Gasteiger partial charge in [0.2, 0.25) is 0 Å². The maximum atomic E-state index is 9.55. The molecular weight excluding hydrogens is 208 g/mol. The maximum absolute atomic E-state index is 9.55. The lowest BCUT2D eigenvalue weighted by atomic mass is 10.1. The zero-order chi connectivity index (χ0) is 11.3. The number of ether oxygens (including phenoxy) is 1. The summed E-state index contributed by atoms with van der Waals surface area (Å²) in [6.07, 6.45) is 0.961. The van der Waals surface area contributed by atoms with E-state index in [0.717, 1.165) is 17.1 Å². The fourth-order valence-corrected chi connectivity index (χ4v) is 2.29. The number of thioether (sulfide) groups is 1. The van der Waals surface area contributed by atoms with Gasteiger partial charge in [0, 0.05) is 17.8 Å². The lowest BCUT2D eigenvalue weighted by Gasteiger charge is -2.22. The van der Waals surface area contributed by atoms with Gasteiger partial charge in [-0.05, 0) is 32.4 Å². The molecule has 0 bridgehead atoms. The van der Waals surface area contributed by atoms with Crippen molar-refractivity contribution in [3.63, 3.8) is 0 Å². The Hall–Kier alpha value is -0.670. The summed E-state index contributed by atoms with van der Waals surface area (Å²) in [7, 11) is 1.73. The molecule has 0 heterocycles. The molecule has 1 N–H and O–H groups in total. The number of rotatable bonds is 5. The van der Waals surface area contributed by atoms with Crippen molar-refractivity contribution >= 4 is 11.8 Å². The number of methoxy groups -OCH3 is 1. The second-order valence-corrected chi connectivity index (χ2v) is 5.17. The van der Waals surface area contributed by atoms with E-state index < -0.39 is 0 Å². The van der Waals surface area contributed by atoms with Crippen LogP contribution in [0.1, 0.15) is 20.3 Å². The van der Waals surface area contributed by atoms with Gasteiger partial charge in [0.1, 0.15) is 5.75 Å². The van der Waals surface area contributed by atoms with Crippen molar-refractivity contribution in [1.82, 2.24) is 0 Å². The summed E-state index contributed by atoms with van der Waals surface area (Å²) in [5, 5.41) is 9.55. The first-order valence-electron chi connectivity index (χ1n) is 5.01. The summed E-state index contributed by atoms with van der Waals surface area (Å²) in [5.41, 5.74) is -0.0859. The normalized spacial score (nSPS) is 11.7. The number of benzene rings is 1. The second-order valence-electron chi connectivity index (χ2n) is 4.03. The first kappa shape index (κ1) is 12.4. The number of para-hydroxylation sites is 1. The fourth-order valence-electron chi connectivity index (χ4n) is 1.09. The van der Waals surface area contributed by atoms with E-state index in [1.165, 1.54) is 0 Å². The topological polar surface area (TPSA) is 29.5 Å². The molecule has 1 aromatic rings. The summed E-state index contributed by atoms with van der Waals surface area (Å²) < 4.78 is 5.33. The van der Waals surface area contributed by atoms with Gasteiger partial charge >= 0.3 is 0 Å². The van der Waals surface area contributed by atoms with Crippen LogP contribution < -0.4 is 0 Å². The molecule has 0 atom stereocenters. The van der Waals surface area contributed by atoms with Gasteiger partial charge in [-0.3, -0.25) is 0 Å². The highest BCUT2D eigenvalue weighted by molar-refractivity contribution is 7.99. The molecule has 0 aliphatic heterocycles. The number of aromatic hydroxyl groups is 1. The van der Waals surface area contributed by atoms with Crippen molar-refractivity contribution < 1.29 is 9.84 Å². The molecule has 1 rings (SSSR count). The molecule has 84 valence electrons. The molecule has 15 heavy (non-hydrogen) atoms. The first-order chi connectivity index (χ1) is 7.05. The van der Waals surface area contributed by atoms with Gasteiger partial charge in [-0.1, -0.05) is 12.1 Å². The van der Waals surface area contributed by atoms with Gasteiger partial charge in [0.25, 0.3) is 0 Å². The van der Waals surface area contributed by atoms with Crippen LogP contribution in [0.15, 0.2) is 29.2 Å². The Morgan fingerprint density at radius 2 is 2.00 bits per heavy atom. The number of hydrogen-bond acceptors (Lipinski definition) is 3. The van der Waals surface area contributed by atoms with Gasteiger partial charge in [-0.15, -0.1) is 11.8 Å². The predicted octanol–water partition coefficient (Wildman–Crippen LogP) is 3.30. The van der Waals surface area contributed by atoms with Crippen LogP contribution in [0.5, 0.6) is 5.75 Å². The zero-order valence-corrected chi connectivity index (χ0v) is 10.3. The van der Waals surface area contributed by atoms with Crippen molar-refractivity contribution in [2.75, 3.05) is 12.9 Å². The van der Waals surface area contributed by atoms with Crippen LogP contribution >= 0.6 is 11.8 Å². The van der Waals surface area contributed by atoms with E-state index in [4.69, 9.17) is 4.74 Å². The van der Waals surface area contributed by atoms with Crippen molar-refractivity contribution in [3.8, 4) is 5.75 Å². The Morgan fingerprint density at radius 3 is 2.60 bits per heavy atom. The zero-order valence-electron chi connectivity index (χ0n) is 9.49. The molecule has 0 radical (unpaired) electrons. The smallest absolute Gasteiger partial charge is 0.129 e. The van der Waals surface area contributed by atoms with Gasteiger partial charge in [0.05, 0.1) is 5.60 Å². The minimum Gasteiger partial charge on any atom is -0.507 e. The monoisotopic (exact) mass is 226 g/mol. The Kier molecular flexibility index (Phi) is 4.48. The second kappa shape index (κ2) is 5.42. The summed E-state index contributed by atoms with van der Waals surface area (Å²) >= 11 is 1.66. The summed E-state index contributed by atoms with van der Waals surface area (Å²) in [4.78, 5) is 0.935. The highest BCUT2D eigenvalue weighted by Crippen LogP contribution is 2.29. The third-order valence-corrected chi connectivity index (χ3v) is 3.44. The minimum atomic E-state index is -0.0859. The van der Waals surface area contributed by atoms with E-state index in [1.54, 1.807) is 24.9 Å². The number of hydrogen-bond donors (Lipinski definition) is 1. The molecule has 0 aliphatic rings. The Balaban J connectivity index is 2.42. The van der Waals surface area contributed by atoms with Crippen LogP contribution in [-0.4, -0.2) is 23.6 Å². The van der Waals surface area contributed by atoms with Crippen molar-refractivity contribution in [2.45, 2.75) is 30.8 Å². The minimum absolute atomic E-state index is 0.0859. The van der Waals surface area contributed by atoms with Gasteiger partial charge in [0.15, 0.2) is 0 Å². The summed E-state index contributed by atoms with van der Waals surface area (Å²) in [6.45, 7) is 4.14.